The number of fused-ring (bicyclic) bond motifs is 1. The minimum atomic E-state index is -0.452. The van der Waals surface area contributed by atoms with Gasteiger partial charge < -0.3 is 15.0 Å². The molecule has 23 heavy (non-hydrogen) atoms. The predicted molar refractivity (Wildman–Crippen MR) is 91.3 cm³/mol. The first kappa shape index (κ1) is 17.7. The zero-order valence-electron chi connectivity index (χ0n) is 14.9. The molecular formula is C18H29N3O2. The minimum Gasteiger partial charge on any atom is -0.444 e. The maximum absolute atomic E-state index is 12.0. The number of nitrogens with one attached hydrogen (secondary N) is 1. The number of carbonyl (C=O) groups is 1. The van der Waals surface area contributed by atoms with E-state index in [-0.39, 0.29) is 6.09 Å². The number of hydrogen-bond acceptors (Lipinski definition) is 4. The van der Waals surface area contributed by atoms with Crippen LogP contribution in [0, 0.1) is 5.92 Å². The molecule has 1 aromatic heterocycles. The molecule has 128 valence electrons. The van der Waals surface area contributed by atoms with Gasteiger partial charge in [-0.3, -0.25) is 4.98 Å². The highest BCUT2D eigenvalue weighted by Gasteiger charge is 2.24. The molecule has 2 unspecified atom stereocenters. The van der Waals surface area contributed by atoms with Gasteiger partial charge in [0.25, 0.3) is 0 Å². The average Bonchev–Trinajstić information content (AvgIpc) is 2.86. The number of hydrogen-bond donors (Lipinski definition) is 1. The van der Waals surface area contributed by atoms with Gasteiger partial charge in [0.1, 0.15) is 5.60 Å². The van der Waals surface area contributed by atoms with Gasteiger partial charge in [0.05, 0.1) is 11.7 Å². The van der Waals surface area contributed by atoms with Crippen LogP contribution in [-0.4, -0.2) is 41.7 Å². The maximum Gasteiger partial charge on any atom is 0.410 e. The Bertz CT molecular complexity index is 539. The molecule has 0 aromatic carbocycles. The van der Waals surface area contributed by atoms with Gasteiger partial charge in [-0.25, -0.2) is 4.79 Å². The quantitative estimate of drug-likeness (QED) is 0.906. The summed E-state index contributed by atoms with van der Waals surface area (Å²) in [4.78, 5) is 18.1. The number of ether oxygens (including phenoxy) is 1. The van der Waals surface area contributed by atoms with Crippen molar-refractivity contribution in [2.24, 2.45) is 5.92 Å². The van der Waals surface area contributed by atoms with E-state index in [1.165, 1.54) is 11.3 Å². The van der Waals surface area contributed by atoms with Crippen molar-refractivity contribution in [1.29, 1.82) is 0 Å². The van der Waals surface area contributed by atoms with Crippen LogP contribution in [0.25, 0.3) is 0 Å². The van der Waals surface area contributed by atoms with Crippen molar-refractivity contribution in [3.8, 4) is 0 Å². The fourth-order valence-electron chi connectivity index (χ4n) is 2.90. The lowest BCUT2D eigenvalue weighted by Gasteiger charge is -2.27. The number of amides is 1. The Morgan fingerprint density at radius 1 is 1.52 bits per heavy atom. The van der Waals surface area contributed by atoms with Crippen LogP contribution in [0.5, 0.6) is 0 Å². The van der Waals surface area contributed by atoms with Gasteiger partial charge in [0.15, 0.2) is 0 Å². The van der Waals surface area contributed by atoms with Crippen molar-refractivity contribution >= 4 is 6.09 Å². The third-order valence-corrected chi connectivity index (χ3v) is 3.96. The first-order valence-electron chi connectivity index (χ1n) is 8.37. The summed E-state index contributed by atoms with van der Waals surface area (Å²) in [7, 11) is 1.79. The zero-order chi connectivity index (χ0) is 17.0. The van der Waals surface area contributed by atoms with E-state index >= 15 is 0 Å². The third kappa shape index (κ3) is 5.20. The van der Waals surface area contributed by atoms with Crippen molar-refractivity contribution < 1.29 is 9.53 Å². The topological polar surface area (TPSA) is 54.5 Å². The molecule has 1 amide bonds. The molecule has 1 N–H and O–H groups in total. The van der Waals surface area contributed by atoms with Gasteiger partial charge >= 0.3 is 6.09 Å². The van der Waals surface area contributed by atoms with E-state index in [2.05, 4.69) is 23.3 Å². The Labute approximate surface area is 139 Å². The maximum atomic E-state index is 12.0. The first-order valence-corrected chi connectivity index (χ1v) is 8.37. The second kappa shape index (κ2) is 7.30. The van der Waals surface area contributed by atoms with Gasteiger partial charge in [-0.1, -0.05) is 13.0 Å². The van der Waals surface area contributed by atoms with Crippen LogP contribution in [0.3, 0.4) is 0 Å². The van der Waals surface area contributed by atoms with E-state index in [1.54, 1.807) is 11.9 Å². The summed E-state index contributed by atoms with van der Waals surface area (Å²) >= 11 is 0. The molecular weight excluding hydrogens is 290 g/mol. The van der Waals surface area contributed by atoms with E-state index in [1.807, 2.05) is 33.0 Å². The molecule has 0 saturated carbocycles. The summed E-state index contributed by atoms with van der Waals surface area (Å²) < 4.78 is 5.38. The summed E-state index contributed by atoms with van der Waals surface area (Å²) in [6.07, 6.45) is 3.78. The summed E-state index contributed by atoms with van der Waals surface area (Å²) in [5, 5.41) is 3.59. The van der Waals surface area contributed by atoms with Crippen molar-refractivity contribution in [2.75, 3.05) is 20.1 Å². The molecule has 1 aliphatic rings. The first-order chi connectivity index (χ1) is 10.8. The highest BCUT2D eigenvalue weighted by molar-refractivity contribution is 5.67. The van der Waals surface area contributed by atoms with Gasteiger partial charge in [-0.15, -0.1) is 0 Å². The van der Waals surface area contributed by atoms with Crippen LogP contribution in [0.4, 0.5) is 4.79 Å². The highest BCUT2D eigenvalue weighted by atomic mass is 16.6. The van der Waals surface area contributed by atoms with Crippen molar-refractivity contribution in [3.63, 3.8) is 0 Å². The van der Waals surface area contributed by atoms with Gasteiger partial charge in [0.2, 0.25) is 0 Å². The Kier molecular flexibility index (Phi) is 5.63. The number of nitrogens with zero attached hydrogens (tertiary/aromatic N) is 2. The molecule has 0 aliphatic heterocycles. The third-order valence-electron chi connectivity index (χ3n) is 3.96. The molecule has 0 radical (unpaired) electrons. The second-order valence-electron chi connectivity index (χ2n) is 7.51. The van der Waals surface area contributed by atoms with E-state index < -0.39 is 5.60 Å². The largest absolute Gasteiger partial charge is 0.444 e. The zero-order valence-corrected chi connectivity index (χ0v) is 14.9. The van der Waals surface area contributed by atoms with Gasteiger partial charge in [-0.2, -0.15) is 0 Å². The molecule has 0 fully saturated rings. The number of pyridine rings is 1. The molecule has 5 heteroatoms. The smallest absolute Gasteiger partial charge is 0.410 e. The molecule has 5 nitrogen and oxygen atoms in total. The SMILES string of the molecule is CC(CNC1CCc2cccnc21)CN(C)C(=O)OC(C)(C)C. The summed E-state index contributed by atoms with van der Waals surface area (Å²) in [5.74, 6) is 0.347. The highest BCUT2D eigenvalue weighted by Crippen LogP contribution is 2.28. The Morgan fingerprint density at radius 2 is 2.26 bits per heavy atom. The van der Waals surface area contributed by atoms with Crippen LogP contribution in [0.2, 0.25) is 0 Å². The Hall–Kier alpha value is -1.62. The van der Waals surface area contributed by atoms with E-state index in [0.717, 1.165) is 19.4 Å². The van der Waals surface area contributed by atoms with Gasteiger partial charge in [-0.05, 0) is 51.2 Å². The lowest BCUT2D eigenvalue weighted by atomic mass is 10.1. The summed E-state index contributed by atoms with van der Waals surface area (Å²) in [6, 6.07) is 4.49. The second-order valence-corrected chi connectivity index (χ2v) is 7.51. The predicted octanol–water partition coefficient (Wildman–Crippen LogP) is 3.16. The lowest BCUT2D eigenvalue weighted by molar-refractivity contribution is 0.0276. The Morgan fingerprint density at radius 3 is 2.96 bits per heavy atom. The van der Waals surface area contributed by atoms with Gasteiger partial charge in [0, 0.05) is 26.3 Å². The van der Waals surface area contributed by atoms with Crippen LogP contribution in [0.15, 0.2) is 18.3 Å². The summed E-state index contributed by atoms with van der Waals surface area (Å²) in [5.41, 5.74) is 2.08. The molecule has 0 saturated heterocycles. The average molecular weight is 319 g/mol. The van der Waals surface area contributed by atoms with E-state index in [4.69, 9.17) is 4.74 Å². The van der Waals surface area contributed by atoms with Crippen molar-refractivity contribution in [2.45, 2.75) is 52.2 Å². The molecule has 1 heterocycles. The monoisotopic (exact) mass is 319 g/mol. The van der Waals surface area contributed by atoms with Crippen molar-refractivity contribution in [3.05, 3.63) is 29.6 Å². The van der Waals surface area contributed by atoms with Crippen LogP contribution >= 0.6 is 0 Å². The molecule has 0 bridgehead atoms. The van der Waals surface area contributed by atoms with Crippen LogP contribution in [0.1, 0.15) is 51.4 Å². The molecule has 0 spiro atoms. The molecule has 2 rings (SSSR count). The normalized spacial score (nSPS) is 18.4. The number of carbonyl (C=O) groups excluding carboxylic acids is 1. The minimum absolute atomic E-state index is 0.266. The number of rotatable bonds is 5. The molecule has 2 atom stereocenters. The number of aromatic nitrogens is 1. The standard InChI is InChI=1S/C18H29N3O2/c1-13(12-21(5)17(22)23-18(2,3)4)11-20-15-9-8-14-7-6-10-19-16(14)15/h6-7,10,13,15,20H,8-9,11-12H2,1-5H3. The Balaban J connectivity index is 1.77. The fraction of sp³-hybridized carbons (Fsp3) is 0.667. The van der Waals surface area contributed by atoms with E-state index in [9.17, 15) is 4.79 Å². The lowest BCUT2D eigenvalue weighted by Crippen LogP contribution is -2.38. The van der Waals surface area contributed by atoms with Crippen LogP contribution < -0.4 is 5.32 Å². The number of aryl methyl sites for hydroxylation is 1. The van der Waals surface area contributed by atoms with Crippen molar-refractivity contribution in [1.82, 2.24) is 15.2 Å². The molecule has 1 aliphatic carbocycles. The molecule has 1 aromatic rings. The summed E-state index contributed by atoms with van der Waals surface area (Å²) in [6.45, 7) is 9.32. The fourth-order valence-corrected chi connectivity index (χ4v) is 2.90. The van der Waals surface area contributed by atoms with Crippen LogP contribution in [-0.2, 0) is 11.2 Å². The van der Waals surface area contributed by atoms with E-state index in [0.29, 0.717) is 18.5 Å².